The number of nitrogens with two attached hydrogens (primary N) is 1. The first kappa shape index (κ1) is 14.9. The van der Waals surface area contributed by atoms with Gasteiger partial charge in [-0.1, -0.05) is 30.3 Å². The lowest BCUT2D eigenvalue weighted by molar-refractivity contribution is 0.0849. The van der Waals surface area contributed by atoms with Gasteiger partial charge >= 0.3 is 0 Å². The Morgan fingerprint density at radius 3 is 2.00 bits per heavy atom. The second kappa shape index (κ2) is 6.81. The van der Waals surface area contributed by atoms with E-state index in [1.807, 2.05) is 25.1 Å². The van der Waals surface area contributed by atoms with Gasteiger partial charge in [0.25, 0.3) is 11.8 Å². The molecule has 0 heterocycles. The highest BCUT2D eigenvalue weighted by atomic mass is 16.2. The van der Waals surface area contributed by atoms with E-state index in [9.17, 15) is 9.59 Å². The molecule has 1 unspecified atom stereocenters. The molecule has 2 aromatic carbocycles. The van der Waals surface area contributed by atoms with Crippen LogP contribution in [0, 0.1) is 0 Å². The van der Waals surface area contributed by atoms with E-state index in [1.54, 1.807) is 36.4 Å². The van der Waals surface area contributed by atoms with Gasteiger partial charge in [0.2, 0.25) is 0 Å². The zero-order chi connectivity index (χ0) is 15.2. The first-order valence-corrected chi connectivity index (χ1v) is 6.81. The van der Waals surface area contributed by atoms with Crippen molar-refractivity contribution in [3.05, 3.63) is 71.3 Å². The molecular formula is C17H18N2O2. The quantitative estimate of drug-likeness (QED) is 0.844. The Balaban J connectivity index is 2.02. The zero-order valence-corrected chi connectivity index (χ0v) is 11.9. The molecule has 0 fully saturated rings. The van der Waals surface area contributed by atoms with Crippen LogP contribution in [0.2, 0.25) is 0 Å². The Bertz CT molecular complexity index is 619. The fraction of sp³-hybridized carbons (Fsp3) is 0.176. The molecular weight excluding hydrogens is 264 g/mol. The molecule has 0 saturated carbocycles. The third kappa shape index (κ3) is 4.26. The fourth-order valence-corrected chi connectivity index (χ4v) is 2.00. The van der Waals surface area contributed by atoms with Crippen molar-refractivity contribution in [1.29, 1.82) is 0 Å². The SMILES string of the molecule is CC(N)Cc1ccc(C(=O)NC(=O)c2ccccc2)cc1. The highest BCUT2D eigenvalue weighted by molar-refractivity contribution is 6.10. The largest absolute Gasteiger partial charge is 0.328 e. The van der Waals surface area contributed by atoms with Crippen LogP contribution in [0.3, 0.4) is 0 Å². The van der Waals surface area contributed by atoms with Crippen molar-refractivity contribution in [2.45, 2.75) is 19.4 Å². The predicted octanol–water partition coefficient (Wildman–Crippen LogP) is 2.15. The number of benzene rings is 2. The molecule has 1 atom stereocenters. The third-order valence-electron chi connectivity index (χ3n) is 3.04. The second-order valence-electron chi connectivity index (χ2n) is 5.03. The van der Waals surface area contributed by atoms with Crippen LogP contribution in [0.15, 0.2) is 54.6 Å². The zero-order valence-electron chi connectivity index (χ0n) is 11.9. The highest BCUT2D eigenvalue weighted by Crippen LogP contribution is 2.07. The summed E-state index contributed by atoms with van der Waals surface area (Å²) < 4.78 is 0. The van der Waals surface area contributed by atoms with Crippen LogP contribution in [-0.4, -0.2) is 17.9 Å². The van der Waals surface area contributed by atoms with Gasteiger partial charge in [-0.3, -0.25) is 14.9 Å². The summed E-state index contributed by atoms with van der Waals surface area (Å²) in [4.78, 5) is 23.9. The molecule has 0 aliphatic rings. The van der Waals surface area contributed by atoms with Crippen LogP contribution >= 0.6 is 0 Å². The molecule has 3 N–H and O–H groups in total. The second-order valence-corrected chi connectivity index (χ2v) is 5.03. The summed E-state index contributed by atoms with van der Waals surface area (Å²) in [6.07, 6.45) is 0.755. The number of nitrogens with one attached hydrogen (secondary N) is 1. The number of carbonyl (C=O) groups excluding carboxylic acids is 2. The van der Waals surface area contributed by atoms with E-state index in [1.165, 1.54) is 0 Å². The molecule has 0 spiro atoms. The summed E-state index contributed by atoms with van der Waals surface area (Å²) in [5, 5.41) is 2.37. The van der Waals surface area contributed by atoms with Crippen molar-refractivity contribution in [1.82, 2.24) is 5.32 Å². The van der Waals surface area contributed by atoms with E-state index >= 15 is 0 Å². The molecule has 0 aliphatic carbocycles. The molecule has 2 aromatic rings. The minimum absolute atomic E-state index is 0.0735. The average Bonchev–Trinajstić information content (AvgIpc) is 2.48. The molecule has 0 bridgehead atoms. The van der Waals surface area contributed by atoms with Crippen LogP contribution < -0.4 is 11.1 Å². The maximum absolute atomic E-state index is 12.0. The number of rotatable bonds is 4. The van der Waals surface area contributed by atoms with Crippen molar-refractivity contribution < 1.29 is 9.59 Å². The monoisotopic (exact) mass is 282 g/mol. The van der Waals surface area contributed by atoms with E-state index in [0.717, 1.165) is 12.0 Å². The minimum atomic E-state index is -0.406. The van der Waals surface area contributed by atoms with Gasteiger partial charge in [-0.05, 0) is 43.2 Å². The molecule has 2 amide bonds. The summed E-state index contributed by atoms with van der Waals surface area (Å²) >= 11 is 0. The summed E-state index contributed by atoms with van der Waals surface area (Å²) in [5.41, 5.74) is 7.70. The van der Waals surface area contributed by atoms with Crippen LogP contribution in [0.25, 0.3) is 0 Å². The van der Waals surface area contributed by atoms with E-state index in [0.29, 0.717) is 11.1 Å². The smallest absolute Gasteiger partial charge is 0.258 e. The fourth-order valence-electron chi connectivity index (χ4n) is 2.00. The Morgan fingerprint density at radius 1 is 0.952 bits per heavy atom. The summed E-state index contributed by atoms with van der Waals surface area (Å²) in [6.45, 7) is 1.93. The Kier molecular flexibility index (Phi) is 4.85. The Morgan fingerprint density at radius 2 is 1.48 bits per heavy atom. The van der Waals surface area contributed by atoms with E-state index in [4.69, 9.17) is 5.73 Å². The molecule has 108 valence electrons. The van der Waals surface area contributed by atoms with Crippen molar-refractivity contribution in [3.63, 3.8) is 0 Å². The molecule has 0 aliphatic heterocycles. The van der Waals surface area contributed by atoms with Gasteiger partial charge in [0.1, 0.15) is 0 Å². The number of imide groups is 1. The topological polar surface area (TPSA) is 72.2 Å². The Labute approximate surface area is 124 Å². The third-order valence-corrected chi connectivity index (χ3v) is 3.04. The van der Waals surface area contributed by atoms with E-state index in [2.05, 4.69) is 5.32 Å². The lowest BCUT2D eigenvalue weighted by atomic mass is 10.1. The van der Waals surface area contributed by atoms with E-state index < -0.39 is 11.8 Å². The first-order valence-electron chi connectivity index (χ1n) is 6.81. The summed E-state index contributed by atoms with van der Waals surface area (Å²) in [6, 6.07) is 15.8. The normalized spacial score (nSPS) is 11.7. The predicted molar refractivity (Wildman–Crippen MR) is 82.0 cm³/mol. The van der Waals surface area contributed by atoms with Gasteiger partial charge in [-0.15, -0.1) is 0 Å². The molecule has 2 rings (SSSR count). The molecule has 0 radical (unpaired) electrons. The van der Waals surface area contributed by atoms with Crippen LogP contribution in [-0.2, 0) is 6.42 Å². The van der Waals surface area contributed by atoms with Gasteiger partial charge < -0.3 is 5.73 Å². The molecule has 0 aromatic heterocycles. The van der Waals surface area contributed by atoms with Gasteiger partial charge in [-0.2, -0.15) is 0 Å². The van der Waals surface area contributed by atoms with Crippen molar-refractivity contribution in [2.24, 2.45) is 5.73 Å². The maximum atomic E-state index is 12.0. The van der Waals surface area contributed by atoms with Gasteiger partial charge in [0.05, 0.1) is 0 Å². The van der Waals surface area contributed by atoms with Crippen molar-refractivity contribution >= 4 is 11.8 Å². The van der Waals surface area contributed by atoms with Gasteiger partial charge in [-0.25, -0.2) is 0 Å². The van der Waals surface area contributed by atoms with Crippen LogP contribution in [0.1, 0.15) is 33.2 Å². The van der Waals surface area contributed by atoms with Gasteiger partial charge in [0.15, 0.2) is 0 Å². The highest BCUT2D eigenvalue weighted by Gasteiger charge is 2.11. The van der Waals surface area contributed by atoms with Gasteiger partial charge in [0, 0.05) is 17.2 Å². The number of carbonyl (C=O) groups is 2. The Hall–Kier alpha value is -2.46. The molecule has 4 heteroatoms. The first-order chi connectivity index (χ1) is 10.1. The number of hydrogen-bond donors (Lipinski definition) is 2. The number of amides is 2. The van der Waals surface area contributed by atoms with Crippen LogP contribution in [0.5, 0.6) is 0 Å². The van der Waals surface area contributed by atoms with Crippen molar-refractivity contribution in [2.75, 3.05) is 0 Å². The minimum Gasteiger partial charge on any atom is -0.328 e. The number of hydrogen-bond acceptors (Lipinski definition) is 3. The average molecular weight is 282 g/mol. The lowest BCUT2D eigenvalue weighted by Crippen LogP contribution is -2.30. The lowest BCUT2D eigenvalue weighted by Gasteiger charge is -2.07. The molecule has 0 saturated heterocycles. The summed E-state index contributed by atoms with van der Waals surface area (Å²) in [7, 11) is 0. The van der Waals surface area contributed by atoms with Crippen molar-refractivity contribution in [3.8, 4) is 0 Å². The standard InChI is InChI=1S/C17H18N2O2/c1-12(18)11-13-7-9-15(10-8-13)17(21)19-16(20)14-5-3-2-4-6-14/h2-10,12H,11,18H2,1H3,(H,19,20,21). The van der Waals surface area contributed by atoms with Crippen LogP contribution in [0.4, 0.5) is 0 Å². The summed E-state index contributed by atoms with van der Waals surface area (Å²) in [5.74, 6) is -0.809. The molecule has 21 heavy (non-hydrogen) atoms. The maximum Gasteiger partial charge on any atom is 0.258 e. The molecule has 4 nitrogen and oxygen atoms in total. The van der Waals surface area contributed by atoms with E-state index in [-0.39, 0.29) is 6.04 Å².